The van der Waals surface area contributed by atoms with Crippen molar-refractivity contribution in [3.63, 3.8) is 0 Å². The Labute approximate surface area is 153 Å². The van der Waals surface area contributed by atoms with Gasteiger partial charge in [-0.05, 0) is 49.8 Å². The molecule has 5 nitrogen and oxygen atoms in total. The van der Waals surface area contributed by atoms with Crippen LogP contribution in [0.15, 0.2) is 18.2 Å². The number of nitrogens with zero attached hydrogens (tertiary/aromatic N) is 2. The Kier molecular flexibility index (Phi) is 4.47. The Morgan fingerprint density at radius 2 is 2.19 bits per heavy atom. The molecule has 6 heteroatoms. The summed E-state index contributed by atoms with van der Waals surface area (Å²) in [5, 5.41) is 0. The van der Waals surface area contributed by atoms with E-state index in [-0.39, 0.29) is 17.6 Å². The molecule has 1 aromatic carbocycles. The molecule has 0 N–H and O–H groups in total. The van der Waals surface area contributed by atoms with E-state index >= 15 is 0 Å². The molecule has 2 amide bonds. The maximum absolute atomic E-state index is 13.9. The van der Waals surface area contributed by atoms with Gasteiger partial charge in [0.15, 0.2) is 0 Å². The topological polar surface area (TPSA) is 49.9 Å². The quantitative estimate of drug-likeness (QED) is 0.832. The minimum atomic E-state index is -0.435. The van der Waals surface area contributed by atoms with Crippen LogP contribution in [0.4, 0.5) is 4.39 Å². The minimum absolute atomic E-state index is 0.104. The minimum Gasteiger partial charge on any atom is -0.379 e. The fourth-order valence-corrected chi connectivity index (χ4v) is 4.02. The first kappa shape index (κ1) is 17.5. The number of carbonyl (C=O) groups is 2. The van der Waals surface area contributed by atoms with Crippen molar-refractivity contribution in [2.75, 3.05) is 32.8 Å². The first-order chi connectivity index (χ1) is 12.5. The maximum atomic E-state index is 13.9. The van der Waals surface area contributed by atoms with Crippen molar-refractivity contribution in [1.82, 2.24) is 9.80 Å². The van der Waals surface area contributed by atoms with Crippen LogP contribution in [-0.4, -0.2) is 60.0 Å². The number of rotatable bonds is 3. The van der Waals surface area contributed by atoms with Gasteiger partial charge in [-0.15, -0.1) is 0 Å². The van der Waals surface area contributed by atoms with E-state index in [1.807, 2.05) is 4.90 Å². The van der Waals surface area contributed by atoms with Crippen LogP contribution in [0.1, 0.15) is 41.6 Å². The normalized spacial score (nSPS) is 26.5. The van der Waals surface area contributed by atoms with E-state index in [1.54, 1.807) is 24.0 Å². The fourth-order valence-electron chi connectivity index (χ4n) is 4.02. The summed E-state index contributed by atoms with van der Waals surface area (Å²) < 4.78 is 19.6. The summed E-state index contributed by atoms with van der Waals surface area (Å²) >= 11 is 0. The Morgan fingerprint density at radius 3 is 2.85 bits per heavy atom. The molecular formula is C20H25FN2O3. The van der Waals surface area contributed by atoms with Gasteiger partial charge in [-0.3, -0.25) is 9.59 Å². The molecule has 4 rings (SSSR count). The molecule has 1 atom stereocenters. The van der Waals surface area contributed by atoms with E-state index in [2.05, 4.69) is 0 Å². The Hall–Kier alpha value is -1.95. The number of amides is 2. The van der Waals surface area contributed by atoms with Gasteiger partial charge in [0.05, 0.1) is 12.1 Å². The molecule has 140 valence electrons. The van der Waals surface area contributed by atoms with Crippen LogP contribution in [0.2, 0.25) is 0 Å². The number of aryl methyl sites for hydroxylation is 1. The van der Waals surface area contributed by atoms with Crippen molar-refractivity contribution >= 4 is 11.8 Å². The second-order valence-corrected chi connectivity index (χ2v) is 7.92. The summed E-state index contributed by atoms with van der Waals surface area (Å²) in [6.45, 7) is 4.35. The molecule has 1 aromatic rings. The average Bonchev–Trinajstić information content (AvgIpc) is 3.36. The predicted molar refractivity (Wildman–Crippen MR) is 94.3 cm³/mol. The summed E-state index contributed by atoms with van der Waals surface area (Å²) in [6, 6.07) is 4.58. The smallest absolute Gasteiger partial charge is 0.254 e. The van der Waals surface area contributed by atoms with Crippen molar-refractivity contribution < 1.29 is 18.7 Å². The molecule has 2 saturated heterocycles. The van der Waals surface area contributed by atoms with Gasteiger partial charge in [0, 0.05) is 38.2 Å². The van der Waals surface area contributed by atoms with Gasteiger partial charge in [0.25, 0.3) is 5.91 Å². The van der Waals surface area contributed by atoms with Crippen molar-refractivity contribution in [3.05, 3.63) is 35.1 Å². The van der Waals surface area contributed by atoms with Crippen LogP contribution in [-0.2, 0) is 9.53 Å². The second kappa shape index (κ2) is 6.65. The Bertz CT molecular complexity index is 726. The first-order valence-electron chi connectivity index (χ1n) is 9.42. The zero-order chi connectivity index (χ0) is 18.3. The molecule has 0 aromatic heterocycles. The molecule has 0 radical (unpaired) electrons. The molecular weight excluding hydrogens is 335 g/mol. The lowest BCUT2D eigenvalue weighted by Gasteiger charge is -2.40. The lowest BCUT2D eigenvalue weighted by molar-refractivity contribution is -0.136. The van der Waals surface area contributed by atoms with Crippen LogP contribution in [0.3, 0.4) is 0 Å². The highest BCUT2D eigenvalue weighted by Gasteiger charge is 2.48. The second-order valence-electron chi connectivity index (χ2n) is 7.92. The summed E-state index contributed by atoms with van der Waals surface area (Å²) in [6.07, 6.45) is 3.41. The highest BCUT2D eigenvalue weighted by Crippen LogP contribution is 2.37. The number of hydrogen-bond donors (Lipinski definition) is 0. The molecule has 0 bridgehead atoms. The molecule has 3 aliphatic rings. The van der Waals surface area contributed by atoms with E-state index < -0.39 is 5.54 Å². The van der Waals surface area contributed by atoms with Gasteiger partial charge in [0.1, 0.15) is 5.82 Å². The van der Waals surface area contributed by atoms with E-state index in [1.165, 1.54) is 18.9 Å². The summed E-state index contributed by atoms with van der Waals surface area (Å²) in [7, 11) is 0. The molecule has 1 aliphatic carbocycles. The SMILES string of the molecule is Cc1ccc(C(=O)N2CCC(=O)N(CC3CC3)C3(CCOC3)C2)cc1F. The van der Waals surface area contributed by atoms with Crippen molar-refractivity contribution in [2.45, 2.75) is 38.1 Å². The largest absolute Gasteiger partial charge is 0.379 e. The molecule has 3 fully saturated rings. The Balaban J connectivity index is 1.60. The zero-order valence-corrected chi connectivity index (χ0v) is 15.2. The molecule has 26 heavy (non-hydrogen) atoms. The van der Waals surface area contributed by atoms with Crippen molar-refractivity contribution in [3.8, 4) is 0 Å². The van der Waals surface area contributed by atoms with Gasteiger partial charge < -0.3 is 14.5 Å². The third-order valence-electron chi connectivity index (χ3n) is 5.88. The fraction of sp³-hybridized carbons (Fsp3) is 0.600. The van der Waals surface area contributed by atoms with Gasteiger partial charge in [0.2, 0.25) is 5.91 Å². The molecule has 1 spiro atoms. The lowest BCUT2D eigenvalue weighted by Crippen LogP contribution is -2.57. The molecule has 1 unspecified atom stereocenters. The third kappa shape index (κ3) is 3.22. The molecule has 1 saturated carbocycles. The van der Waals surface area contributed by atoms with E-state index in [0.29, 0.717) is 49.8 Å². The third-order valence-corrected chi connectivity index (χ3v) is 5.88. The van der Waals surface area contributed by atoms with E-state index in [4.69, 9.17) is 4.74 Å². The molecule has 2 aliphatic heterocycles. The number of hydrogen-bond acceptors (Lipinski definition) is 3. The molecule has 2 heterocycles. The number of carbonyl (C=O) groups excluding carboxylic acids is 2. The zero-order valence-electron chi connectivity index (χ0n) is 15.2. The van der Waals surface area contributed by atoms with Crippen molar-refractivity contribution in [2.24, 2.45) is 5.92 Å². The van der Waals surface area contributed by atoms with Crippen molar-refractivity contribution in [1.29, 1.82) is 0 Å². The first-order valence-corrected chi connectivity index (χ1v) is 9.42. The van der Waals surface area contributed by atoms with Gasteiger partial charge in [-0.2, -0.15) is 0 Å². The number of ether oxygens (including phenoxy) is 1. The summed E-state index contributed by atoms with van der Waals surface area (Å²) in [5.74, 6) is 0.102. The summed E-state index contributed by atoms with van der Waals surface area (Å²) in [4.78, 5) is 29.5. The van der Waals surface area contributed by atoms with E-state index in [0.717, 1.165) is 13.0 Å². The van der Waals surface area contributed by atoms with Crippen LogP contribution in [0, 0.1) is 18.7 Å². The lowest BCUT2D eigenvalue weighted by atomic mass is 9.94. The average molecular weight is 360 g/mol. The highest BCUT2D eigenvalue weighted by molar-refractivity contribution is 5.95. The standard InChI is InChI=1S/C20H25FN2O3/c1-14-2-5-16(10-17(14)21)19(25)22-8-6-18(24)23(11-15-3-4-15)20(12-22)7-9-26-13-20/h2,5,10,15H,3-4,6-9,11-13H2,1H3. The van der Waals surface area contributed by atoms with Crippen LogP contribution < -0.4 is 0 Å². The number of benzene rings is 1. The van der Waals surface area contributed by atoms with Crippen LogP contribution in [0.5, 0.6) is 0 Å². The highest BCUT2D eigenvalue weighted by atomic mass is 19.1. The van der Waals surface area contributed by atoms with Crippen LogP contribution in [0.25, 0.3) is 0 Å². The maximum Gasteiger partial charge on any atom is 0.254 e. The summed E-state index contributed by atoms with van der Waals surface area (Å²) in [5.41, 5.74) is 0.420. The van der Waals surface area contributed by atoms with Gasteiger partial charge in [-0.1, -0.05) is 6.07 Å². The van der Waals surface area contributed by atoms with E-state index in [9.17, 15) is 14.0 Å². The predicted octanol–water partition coefficient (Wildman–Crippen LogP) is 2.38. The van der Waals surface area contributed by atoms with Crippen LogP contribution >= 0.6 is 0 Å². The Morgan fingerprint density at radius 1 is 1.38 bits per heavy atom. The monoisotopic (exact) mass is 360 g/mol. The van der Waals surface area contributed by atoms with Gasteiger partial charge in [-0.25, -0.2) is 4.39 Å². The van der Waals surface area contributed by atoms with Gasteiger partial charge >= 0.3 is 0 Å². The number of halogens is 1.